The van der Waals surface area contributed by atoms with Gasteiger partial charge in [-0.3, -0.25) is 16.0 Å². The largest absolute Gasteiger partial charge is 0.271 e. The Morgan fingerprint density at radius 2 is 2.50 bits per heavy atom. The van der Waals surface area contributed by atoms with Gasteiger partial charge < -0.3 is 0 Å². The monoisotopic (exact) mass is 195 g/mol. The molecule has 0 amide bonds. The van der Waals surface area contributed by atoms with E-state index >= 15 is 0 Å². The van der Waals surface area contributed by atoms with Gasteiger partial charge >= 0.3 is 0 Å². The van der Waals surface area contributed by atoms with E-state index in [0.29, 0.717) is 6.04 Å². The molecule has 0 aromatic carbocycles. The van der Waals surface area contributed by atoms with E-state index in [1.807, 2.05) is 4.68 Å². The van der Waals surface area contributed by atoms with Crippen LogP contribution in [0.1, 0.15) is 25.6 Å². The SMILES string of the molecule is CCn1ncnc1CC(NN)C1CC1. The number of hydrogen-bond acceptors (Lipinski definition) is 4. The number of aromatic nitrogens is 3. The van der Waals surface area contributed by atoms with Gasteiger partial charge in [0.05, 0.1) is 0 Å². The molecule has 1 aromatic rings. The van der Waals surface area contributed by atoms with E-state index in [1.165, 1.54) is 12.8 Å². The van der Waals surface area contributed by atoms with Crippen molar-refractivity contribution in [2.24, 2.45) is 11.8 Å². The van der Waals surface area contributed by atoms with Gasteiger partial charge in [0.25, 0.3) is 0 Å². The van der Waals surface area contributed by atoms with Crippen LogP contribution in [0.2, 0.25) is 0 Å². The molecule has 78 valence electrons. The summed E-state index contributed by atoms with van der Waals surface area (Å²) in [5.41, 5.74) is 2.87. The Kier molecular flexibility index (Phi) is 2.79. The number of nitrogens with zero attached hydrogens (tertiary/aromatic N) is 3. The normalized spacial score (nSPS) is 18.4. The average molecular weight is 195 g/mol. The van der Waals surface area contributed by atoms with Crippen molar-refractivity contribution in [3.63, 3.8) is 0 Å². The molecule has 14 heavy (non-hydrogen) atoms. The molecule has 0 saturated heterocycles. The fraction of sp³-hybridized carbons (Fsp3) is 0.778. The Labute approximate surface area is 83.7 Å². The minimum Gasteiger partial charge on any atom is -0.271 e. The van der Waals surface area contributed by atoms with Crippen molar-refractivity contribution in [1.82, 2.24) is 20.2 Å². The number of nitrogens with one attached hydrogen (secondary N) is 1. The Hall–Kier alpha value is -0.940. The third-order valence-corrected chi connectivity index (χ3v) is 2.80. The van der Waals surface area contributed by atoms with Crippen LogP contribution in [0.4, 0.5) is 0 Å². The highest BCUT2D eigenvalue weighted by Crippen LogP contribution is 2.33. The van der Waals surface area contributed by atoms with E-state index in [0.717, 1.165) is 24.7 Å². The van der Waals surface area contributed by atoms with Gasteiger partial charge in [0.15, 0.2) is 0 Å². The summed E-state index contributed by atoms with van der Waals surface area (Å²) in [6, 6.07) is 0.365. The van der Waals surface area contributed by atoms with Crippen LogP contribution >= 0.6 is 0 Å². The third kappa shape index (κ3) is 1.93. The van der Waals surface area contributed by atoms with E-state index in [4.69, 9.17) is 5.84 Å². The van der Waals surface area contributed by atoms with Crippen LogP contribution in [0.3, 0.4) is 0 Å². The zero-order valence-corrected chi connectivity index (χ0v) is 8.48. The molecule has 5 heteroatoms. The highest BCUT2D eigenvalue weighted by atomic mass is 15.3. The van der Waals surface area contributed by atoms with Crippen molar-refractivity contribution in [1.29, 1.82) is 0 Å². The van der Waals surface area contributed by atoms with Crippen molar-refractivity contribution in [3.8, 4) is 0 Å². The first-order valence-corrected chi connectivity index (χ1v) is 5.18. The molecule has 1 saturated carbocycles. The lowest BCUT2D eigenvalue weighted by atomic mass is 10.1. The smallest absolute Gasteiger partial charge is 0.138 e. The lowest BCUT2D eigenvalue weighted by molar-refractivity contribution is 0.449. The van der Waals surface area contributed by atoms with E-state index in [-0.39, 0.29) is 0 Å². The fourth-order valence-corrected chi connectivity index (χ4v) is 1.77. The van der Waals surface area contributed by atoms with Gasteiger partial charge in [0, 0.05) is 19.0 Å². The maximum Gasteiger partial charge on any atom is 0.138 e. The van der Waals surface area contributed by atoms with Gasteiger partial charge in [0.1, 0.15) is 12.2 Å². The first-order chi connectivity index (χ1) is 6.85. The minimum absolute atomic E-state index is 0.365. The summed E-state index contributed by atoms with van der Waals surface area (Å²) in [5.74, 6) is 7.28. The molecule has 0 spiro atoms. The second kappa shape index (κ2) is 4.06. The molecule has 3 N–H and O–H groups in total. The highest BCUT2D eigenvalue weighted by molar-refractivity contribution is 4.95. The second-order valence-electron chi connectivity index (χ2n) is 3.81. The summed E-state index contributed by atoms with van der Waals surface area (Å²) in [4.78, 5) is 4.24. The minimum atomic E-state index is 0.365. The Bertz CT molecular complexity index is 291. The fourth-order valence-electron chi connectivity index (χ4n) is 1.77. The molecular weight excluding hydrogens is 178 g/mol. The molecule has 0 bridgehead atoms. The Balaban J connectivity index is 2.00. The molecule has 1 aliphatic rings. The molecule has 1 unspecified atom stereocenters. The number of rotatable bonds is 5. The van der Waals surface area contributed by atoms with Gasteiger partial charge in [-0.25, -0.2) is 4.98 Å². The Morgan fingerprint density at radius 3 is 3.07 bits per heavy atom. The molecular formula is C9H17N5. The van der Waals surface area contributed by atoms with Gasteiger partial charge in [0.2, 0.25) is 0 Å². The summed E-state index contributed by atoms with van der Waals surface area (Å²) in [5, 5.41) is 4.14. The van der Waals surface area contributed by atoms with Crippen molar-refractivity contribution >= 4 is 0 Å². The van der Waals surface area contributed by atoms with Crippen LogP contribution in [0, 0.1) is 5.92 Å². The lowest BCUT2D eigenvalue weighted by Crippen LogP contribution is -2.39. The van der Waals surface area contributed by atoms with Gasteiger partial charge in [-0.05, 0) is 25.7 Å². The van der Waals surface area contributed by atoms with E-state index in [9.17, 15) is 0 Å². The summed E-state index contributed by atoms with van der Waals surface area (Å²) < 4.78 is 1.92. The van der Waals surface area contributed by atoms with Crippen LogP contribution in [-0.2, 0) is 13.0 Å². The predicted molar refractivity (Wildman–Crippen MR) is 53.2 cm³/mol. The van der Waals surface area contributed by atoms with Gasteiger partial charge in [-0.1, -0.05) is 0 Å². The maximum absolute atomic E-state index is 5.51. The van der Waals surface area contributed by atoms with E-state index < -0.39 is 0 Å². The molecule has 1 aliphatic carbocycles. The first kappa shape index (κ1) is 9.61. The second-order valence-corrected chi connectivity index (χ2v) is 3.81. The molecule has 0 aliphatic heterocycles. The lowest BCUT2D eigenvalue weighted by Gasteiger charge is -2.14. The topological polar surface area (TPSA) is 68.8 Å². The van der Waals surface area contributed by atoms with Crippen LogP contribution in [0.15, 0.2) is 6.33 Å². The maximum atomic E-state index is 5.51. The third-order valence-electron chi connectivity index (χ3n) is 2.80. The highest BCUT2D eigenvalue weighted by Gasteiger charge is 2.31. The predicted octanol–water partition coefficient (Wildman–Crippen LogP) is 0.0824. The Morgan fingerprint density at radius 1 is 1.71 bits per heavy atom. The number of hydrazine groups is 1. The standard InChI is InChI=1S/C9H17N5/c1-2-14-9(11-6-12-14)5-8(13-10)7-3-4-7/h6-8,13H,2-5,10H2,1H3. The van der Waals surface area contributed by atoms with Crippen LogP contribution < -0.4 is 11.3 Å². The molecule has 1 aromatic heterocycles. The van der Waals surface area contributed by atoms with Crippen molar-refractivity contribution in [3.05, 3.63) is 12.2 Å². The molecule has 2 rings (SSSR count). The summed E-state index contributed by atoms with van der Waals surface area (Å²) in [6.45, 7) is 2.94. The molecule has 0 radical (unpaired) electrons. The average Bonchev–Trinajstić information content (AvgIpc) is 2.95. The van der Waals surface area contributed by atoms with Crippen LogP contribution in [0.5, 0.6) is 0 Å². The molecule has 1 atom stereocenters. The molecule has 5 nitrogen and oxygen atoms in total. The van der Waals surface area contributed by atoms with Crippen molar-refractivity contribution < 1.29 is 0 Å². The molecule has 1 heterocycles. The van der Waals surface area contributed by atoms with E-state index in [2.05, 4.69) is 22.4 Å². The first-order valence-electron chi connectivity index (χ1n) is 5.18. The summed E-state index contributed by atoms with van der Waals surface area (Å²) in [7, 11) is 0. The number of hydrogen-bond donors (Lipinski definition) is 2. The van der Waals surface area contributed by atoms with Crippen LogP contribution in [-0.4, -0.2) is 20.8 Å². The van der Waals surface area contributed by atoms with Crippen molar-refractivity contribution in [2.45, 2.75) is 38.8 Å². The quantitative estimate of drug-likeness (QED) is 0.516. The van der Waals surface area contributed by atoms with Gasteiger partial charge in [-0.15, -0.1) is 0 Å². The number of nitrogens with two attached hydrogens (primary N) is 1. The number of aryl methyl sites for hydroxylation is 1. The van der Waals surface area contributed by atoms with E-state index in [1.54, 1.807) is 6.33 Å². The zero-order valence-electron chi connectivity index (χ0n) is 8.48. The van der Waals surface area contributed by atoms with Gasteiger partial charge in [-0.2, -0.15) is 5.10 Å². The van der Waals surface area contributed by atoms with Crippen molar-refractivity contribution in [2.75, 3.05) is 0 Å². The summed E-state index contributed by atoms with van der Waals surface area (Å²) >= 11 is 0. The summed E-state index contributed by atoms with van der Waals surface area (Å²) in [6.07, 6.45) is 5.07. The zero-order chi connectivity index (χ0) is 9.97. The molecule has 1 fully saturated rings. The van der Waals surface area contributed by atoms with Crippen LogP contribution in [0.25, 0.3) is 0 Å².